The highest BCUT2D eigenvalue weighted by molar-refractivity contribution is 7.15. The predicted octanol–water partition coefficient (Wildman–Crippen LogP) is 4.58. The molecule has 0 spiro atoms. The molecule has 1 heterocycles. The number of anilines is 1. The van der Waals surface area contributed by atoms with Crippen LogP contribution in [0.4, 0.5) is 5.13 Å². The van der Waals surface area contributed by atoms with Crippen molar-refractivity contribution in [3.05, 3.63) is 70.2 Å². The van der Waals surface area contributed by atoms with Crippen LogP contribution < -0.4 is 10.1 Å². The van der Waals surface area contributed by atoms with Crippen molar-refractivity contribution in [3.63, 3.8) is 0 Å². The lowest BCUT2D eigenvalue weighted by Crippen LogP contribution is -2.12. The Morgan fingerprint density at radius 3 is 2.62 bits per heavy atom. The third-order valence-electron chi connectivity index (χ3n) is 3.54. The lowest BCUT2D eigenvalue weighted by atomic mass is 10.2. The van der Waals surface area contributed by atoms with E-state index < -0.39 is 0 Å². The Labute approximate surface area is 161 Å². The van der Waals surface area contributed by atoms with Gasteiger partial charge in [-0.1, -0.05) is 53.3 Å². The maximum atomic E-state index is 12.0. The largest absolute Gasteiger partial charge is 0.494 e. The molecule has 0 aliphatic rings. The molecule has 0 radical (unpaired) electrons. The summed E-state index contributed by atoms with van der Waals surface area (Å²) < 4.78 is 5.57. The number of hydrogen-bond donors (Lipinski definition) is 1. The van der Waals surface area contributed by atoms with Crippen LogP contribution in [0.2, 0.25) is 5.02 Å². The summed E-state index contributed by atoms with van der Waals surface area (Å²) in [5, 5.41) is 13.0. The molecule has 7 heteroatoms. The van der Waals surface area contributed by atoms with Crippen molar-refractivity contribution in [1.82, 2.24) is 10.2 Å². The number of rotatable bonds is 8. The number of ether oxygens (including phenoxy) is 1. The Balaban J connectivity index is 1.40. The highest BCUT2D eigenvalue weighted by atomic mass is 35.5. The third-order valence-corrected chi connectivity index (χ3v) is 4.63. The number of nitrogens with zero attached hydrogens (tertiary/aromatic N) is 2. The summed E-state index contributed by atoms with van der Waals surface area (Å²) in [6.07, 6.45) is 1.67. The molecule has 0 unspecified atom stereocenters. The Morgan fingerprint density at radius 1 is 1.08 bits per heavy atom. The van der Waals surface area contributed by atoms with E-state index in [2.05, 4.69) is 15.5 Å². The second-order valence-corrected chi connectivity index (χ2v) is 7.12. The van der Waals surface area contributed by atoms with E-state index in [-0.39, 0.29) is 5.91 Å². The monoisotopic (exact) mass is 387 g/mol. The highest BCUT2D eigenvalue weighted by Gasteiger charge is 2.09. The maximum Gasteiger partial charge on any atom is 0.226 e. The molecule has 5 nitrogen and oxygen atoms in total. The zero-order valence-corrected chi connectivity index (χ0v) is 15.6. The fraction of sp³-hybridized carbons (Fsp3) is 0.211. The van der Waals surface area contributed by atoms with Gasteiger partial charge in [0.25, 0.3) is 0 Å². The van der Waals surface area contributed by atoms with E-state index in [1.807, 2.05) is 54.6 Å². The van der Waals surface area contributed by atoms with Gasteiger partial charge < -0.3 is 10.1 Å². The van der Waals surface area contributed by atoms with Crippen LogP contribution in [0.1, 0.15) is 23.4 Å². The van der Waals surface area contributed by atoms with E-state index in [1.165, 1.54) is 11.3 Å². The summed E-state index contributed by atoms with van der Waals surface area (Å²) in [6, 6.07) is 17.1. The minimum atomic E-state index is -0.0872. The summed E-state index contributed by atoms with van der Waals surface area (Å²) in [4.78, 5) is 12.0. The zero-order valence-electron chi connectivity index (χ0n) is 14.0. The van der Waals surface area contributed by atoms with E-state index in [9.17, 15) is 4.79 Å². The molecule has 3 rings (SSSR count). The van der Waals surface area contributed by atoms with Gasteiger partial charge in [-0.25, -0.2) is 0 Å². The van der Waals surface area contributed by atoms with Gasteiger partial charge in [0.15, 0.2) is 0 Å². The summed E-state index contributed by atoms with van der Waals surface area (Å²) in [5.41, 5.74) is 1.10. The minimum absolute atomic E-state index is 0.0872. The number of carbonyl (C=O) groups excluding carboxylic acids is 1. The molecule has 0 fully saturated rings. The van der Waals surface area contributed by atoms with Gasteiger partial charge in [0.05, 0.1) is 6.61 Å². The van der Waals surface area contributed by atoms with Gasteiger partial charge in [0, 0.05) is 17.9 Å². The van der Waals surface area contributed by atoms with Crippen molar-refractivity contribution < 1.29 is 9.53 Å². The number of para-hydroxylation sites is 1. The normalized spacial score (nSPS) is 10.5. The van der Waals surface area contributed by atoms with Crippen molar-refractivity contribution >= 4 is 34.0 Å². The number of carbonyl (C=O) groups is 1. The lowest BCUT2D eigenvalue weighted by Gasteiger charge is -2.05. The molecule has 0 bridgehead atoms. The number of amides is 1. The van der Waals surface area contributed by atoms with E-state index in [1.54, 1.807) is 0 Å². The van der Waals surface area contributed by atoms with Crippen LogP contribution in [0.15, 0.2) is 54.6 Å². The van der Waals surface area contributed by atoms with Crippen molar-refractivity contribution in [1.29, 1.82) is 0 Å². The molecule has 1 aromatic heterocycles. The lowest BCUT2D eigenvalue weighted by molar-refractivity contribution is -0.116. The molecule has 2 aromatic carbocycles. The van der Waals surface area contributed by atoms with Gasteiger partial charge in [-0.3, -0.25) is 4.79 Å². The number of benzene rings is 2. The highest BCUT2D eigenvalue weighted by Crippen LogP contribution is 2.20. The third kappa shape index (κ3) is 5.82. The molecule has 0 saturated carbocycles. The molecule has 26 heavy (non-hydrogen) atoms. The van der Waals surface area contributed by atoms with Crippen molar-refractivity contribution in [3.8, 4) is 5.75 Å². The van der Waals surface area contributed by atoms with Crippen LogP contribution in [0, 0.1) is 0 Å². The number of hydrogen-bond acceptors (Lipinski definition) is 5. The smallest absolute Gasteiger partial charge is 0.226 e. The maximum absolute atomic E-state index is 12.0. The van der Waals surface area contributed by atoms with Crippen LogP contribution in [-0.2, 0) is 11.2 Å². The van der Waals surface area contributed by atoms with E-state index in [0.29, 0.717) is 36.0 Å². The van der Waals surface area contributed by atoms with Gasteiger partial charge in [0.2, 0.25) is 11.0 Å². The molecule has 1 N–H and O–H groups in total. The molecule has 0 aliphatic carbocycles. The summed E-state index contributed by atoms with van der Waals surface area (Å²) in [6.45, 7) is 0.495. The van der Waals surface area contributed by atoms with Crippen LogP contribution in [-0.4, -0.2) is 22.7 Å². The molecular formula is C19H18ClN3O2S. The van der Waals surface area contributed by atoms with Crippen LogP contribution in [0.5, 0.6) is 5.75 Å². The SMILES string of the molecule is O=C(CCCOc1ccccc1)Nc1nnc(Cc2ccc(Cl)cc2)s1. The van der Waals surface area contributed by atoms with E-state index >= 15 is 0 Å². The molecule has 0 saturated heterocycles. The fourth-order valence-electron chi connectivity index (χ4n) is 2.27. The Kier molecular flexibility index (Phi) is 6.57. The van der Waals surface area contributed by atoms with Crippen LogP contribution >= 0.6 is 22.9 Å². The Morgan fingerprint density at radius 2 is 1.85 bits per heavy atom. The molecule has 0 atom stereocenters. The van der Waals surface area contributed by atoms with Gasteiger partial charge in [-0.05, 0) is 36.2 Å². The molecule has 134 valence electrons. The number of nitrogens with one attached hydrogen (secondary N) is 1. The Bertz CT molecular complexity index is 838. The van der Waals surface area contributed by atoms with Crippen molar-refractivity contribution in [2.75, 3.05) is 11.9 Å². The van der Waals surface area contributed by atoms with Gasteiger partial charge in [-0.15, -0.1) is 10.2 Å². The summed E-state index contributed by atoms with van der Waals surface area (Å²) >= 11 is 7.26. The molecule has 1 amide bonds. The van der Waals surface area contributed by atoms with Crippen molar-refractivity contribution in [2.45, 2.75) is 19.3 Å². The summed E-state index contributed by atoms with van der Waals surface area (Å²) in [5.74, 6) is 0.722. The minimum Gasteiger partial charge on any atom is -0.494 e. The second-order valence-electron chi connectivity index (χ2n) is 5.62. The number of halogens is 1. The fourth-order valence-corrected chi connectivity index (χ4v) is 3.19. The Hall–Kier alpha value is -2.44. The van der Waals surface area contributed by atoms with Gasteiger partial charge >= 0.3 is 0 Å². The van der Waals surface area contributed by atoms with Gasteiger partial charge in [-0.2, -0.15) is 0 Å². The first-order chi connectivity index (χ1) is 12.7. The van der Waals surface area contributed by atoms with Crippen molar-refractivity contribution in [2.24, 2.45) is 0 Å². The molecule has 3 aromatic rings. The first kappa shape index (κ1) is 18.4. The average Bonchev–Trinajstić information content (AvgIpc) is 3.08. The first-order valence-electron chi connectivity index (χ1n) is 8.23. The average molecular weight is 388 g/mol. The summed E-state index contributed by atoms with van der Waals surface area (Å²) in [7, 11) is 0. The standard InChI is InChI=1S/C19H18ClN3O2S/c20-15-10-8-14(9-11-15)13-18-22-23-19(26-18)21-17(24)7-4-12-25-16-5-2-1-3-6-16/h1-3,5-6,8-11H,4,7,12-13H2,(H,21,23,24). The molecular weight excluding hydrogens is 370 g/mol. The zero-order chi connectivity index (χ0) is 18.2. The van der Waals surface area contributed by atoms with Gasteiger partial charge in [0.1, 0.15) is 10.8 Å². The second kappa shape index (κ2) is 9.31. The quantitative estimate of drug-likeness (QED) is 0.574. The number of aromatic nitrogens is 2. The first-order valence-corrected chi connectivity index (χ1v) is 9.43. The van der Waals surface area contributed by atoms with Crippen LogP contribution in [0.3, 0.4) is 0 Å². The van der Waals surface area contributed by atoms with E-state index in [4.69, 9.17) is 16.3 Å². The van der Waals surface area contributed by atoms with Crippen LogP contribution in [0.25, 0.3) is 0 Å². The van der Waals surface area contributed by atoms with E-state index in [0.717, 1.165) is 16.3 Å². The molecule has 0 aliphatic heterocycles. The predicted molar refractivity (Wildman–Crippen MR) is 104 cm³/mol. The topological polar surface area (TPSA) is 64.1 Å².